The highest BCUT2D eigenvalue weighted by molar-refractivity contribution is 5.92. The molecule has 1 aromatic heterocycles. The van der Waals surface area contributed by atoms with Crippen LogP contribution in [-0.4, -0.2) is 39.1 Å². The van der Waals surface area contributed by atoms with E-state index in [0.29, 0.717) is 13.0 Å². The van der Waals surface area contributed by atoms with Crippen LogP contribution in [0.25, 0.3) is 21.7 Å². The van der Waals surface area contributed by atoms with E-state index < -0.39 is 11.6 Å². The highest BCUT2D eigenvalue weighted by Crippen LogP contribution is 2.30. The quantitative estimate of drug-likeness (QED) is 0.224. The lowest BCUT2D eigenvalue weighted by Gasteiger charge is -2.38. The zero-order valence-corrected chi connectivity index (χ0v) is 21.4. The maximum absolute atomic E-state index is 13.9. The average molecular weight is 506 g/mol. The predicted molar refractivity (Wildman–Crippen MR) is 151 cm³/mol. The molecule has 192 valence electrons. The van der Waals surface area contributed by atoms with Crippen LogP contribution in [0.5, 0.6) is 0 Å². The molecule has 0 saturated heterocycles. The van der Waals surface area contributed by atoms with Crippen LogP contribution in [0.1, 0.15) is 23.6 Å². The molecule has 0 bridgehead atoms. The molecule has 0 saturated carbocycles. The first-order valence-corrected chi connectivity index (χ1v) is 12.8. The number of aromatic nitrogens is 1. The second kappa shape index (κ2) is 10.8. The molecule has 0 aliphatic carbocycles. The minimum absolute atomic E-state index is 0.0850. The number of fused-ring (bicyclic) bond motifs is 2. The molecule has 5 aromatic rings. The molecule has 6 nitrogen and oxygen atoms in total. The van der Waals surface area contributed by atoms with Gasteiger partial charge in [0, 0.05) is 30.1 Å². The maximum atomic E-state index is 13.9. The van der Waals surface area contributed by atoms with E-state index in [1.165, 1.54) is 4.90 Å². The van der Waals surface area contributed by atoms with Gasteiger partial charge in [0.05, 0.1) is 6.54 Å². The number of carboxylic acid groups (broad SMARTS) is 1. The highest BCUT2D eigenvalue weighted by Gasteiger charge is 2.43. The van der Waals surface area contributed by atoms with E-state index in [1.54, 1.807) is 6.92 Å². The summed E-state index contributed by atoms with van der Waals surface area (Å²) in [5.74, 6) is -0.318. The Morgan fingerprint density at radius 3 is 2.32 bits per heavy atom. The summed E-state index contributed by atoms with van der Waals surface area (Å²) in [6.45, 7) is 2.22. The summed E-state index contributed by atoms with van der Waals surface area (Å²) in [6.07, 6.45) is 1.62. The van der Waals surface area contributed by atoms with Crippen molar-refractivity contribution in [3.05, 3.63) is 120 Å². The van der Waals surface area contributed by atoms with Crippen LogP contribution in [0.15, 0.2) is 103 Å². The third-order valence-corrected chi connectivity index (χ3v) is 7.28. The number of rotatable bonds is 9. The van der Waals surface area contributed by atoms with Crippen molar-refractivity contribution in [2.45, 2.75) is 31.8 Å². The molecule has 0 radical (unpaired) electrons. The minimum Gasteiger partial charge on any atom is -0.465 e. The summed E-state index contributed by atoms with van der Waals surface area (Å²) in [6, 6.07) is 31.5. The van der Waals surface area contributed by atoms with Crippen LogP contribution in [0, 0.1) is 0 Å². The number of nitrogens with zero attached hydrogens (tertiary/aromatic N) is 1. The Kier molecular flexibility index (Phi) is 7.13. The molecule has 38 heavy (non-hydrogen) atoms. The molecule has 0 aliphatic rings. The minimum atomic E-state index is -1.36. The summed E-state index contributed by atoms with van der Waals surface area (Å²) in [5, 5.41) is 16.5. The number of para-hydroxylation sites is 1. The van der Waals surface area contributed by atoms with E-state index in [-0.39, 0.29) is 18.9 Å². The molecule has 0 fully saturated rings. The standard InChI is InChI=1S/C32H31N3O3/c1-32(20-26-21-34-29-17-8-7-16-28(26)29,30(36)33-19-18-23-10-3-2-4-11-23)35(31(37)38)22-25-14-9-13-24-12-5-6-15-27(24)25/h2-17,21,34H,18-20,22H2,1H3,(H,33,36)(H,37,38)/t32-/m0/s1. The Balaban J connectivity index is 1.49. The number of amides is 2. The van der Waals surface area contributed by atoms with Gasteiger partial charge in [-0.2, -0.15) is 0 Å². The van der Waals surface area contributed by atoms with Crippen LogP contribution < -0.4 is 5.32 Å². The van der Waals surface area contributed by atoms with Crippen LogP contribution in [0.3, 0.4) is 0 Å². The number of aromatic amines is 1. The summed E-state index contributed by atoms with van der Waals surface area (Å²) < 4.78 is 0. The molecule has 0 aliphatic heterocycles. The Morgan fingerprint density at radius 2 is 1.53 bits per heavy atom. The second-order valence-corrected chi connectivity index (χ2v) is 9.81. The lowest BCUT2D eigenvalue weighted by atomic mass is 9.88. The monoisotopic (exact) mass is 505 g/mol. The fraction of sp³-hybridized carbons (Fsp3) is 0.188. The van der Waals surface area contributed by atoms with E-state index in [1.807, 2.05) is 103 Å². The summed E-state index contributed by atoms with van der Waals surface area (Å²) in [4.78, 5) is 31.3. The lowest BCUT2D eigenvalue weighted by molar-refractivity contribution is -0.132. The summed E-state index contributed by atoms with van der Waals surface area (Å²) in [7, 11) is 0. The van der Waals surface area contributed by atoms with E-state index in [9.17, 15) is 14.7 Å². The molecular weight excluding hydrogens is 474 g/mol. The molecule has 0 spiro atoms. The van der Waals surface area contributed by atoms with Gasteiger partial charge in [-0.3, -0.25) is 9.69 Å². The maximum Gasteiger partial charge on any atom is 0.408 e. The fourth-order valence-electron chi connectivity index (χ4n) is 5.16. The van der Waals surface area contributed by atoms with Crippen molar-refractivity contribution in [3.8, 4) is 0 Å². The van der Waals surface area contributed by atoms with Gasteiger partial charge in [0.15, 0.2) is 0 Å². The van der Waals surface area contributed by atoms with Gasteiger partial charge >= 0.3 is 6.09 Å². The van der Waals surface area contributed by atoms with E-state index in [4.69, 9.17) is 0 Å². The van der Waals surface area contributed by atoms with Crippen molar-refractivity contribution >= 4 is 33.7 Å². The smallest absolute Gasteiger partial charge is 0.408 e. The molecule has 1 heterocycles. The number of benzene rings is 4. The summed E-state index contributed by atoms with van der Waals surface area (Å²) in [5.41, 5.74) is 2.45. The normalized spacial score (nSPS) is 12.8. The molecule has 1 atom stereocenters. The van der Waals surface area contributed by atoms with E-state index in [0.717, 1.165) is 38.4 Å². The van der Waals surface area contributed by atoms with Crippen molar-refractivity contribution in [3.63, 3.8) is 0 Å². The van der Waals surface area contributed by atoms with Crippen LogP contribution in [-0.2, 0) is 24.2 Å². The number of carbonyl (C=O) groups is 2. The highest BCUT2D eigenvalue weighted by atomic mass is 16.4. The Morgan fingerprint density at radius 1 is 0.842 bits per heavy atom. The molecule has 6 heteroatoms. The summed E-state index contributed by atoms with van der Waals surface area (Å²) >= 11 is 0. The first-order valence-electron chi connectivity index (χ1n) is 12.8. The molecule has 2 amide bonds. The fourth-order valence-corrected chi connectivity index (χ4v) is 5.16. The number of nitrogens with one attached hydrogen (secondary N) is 2. The number of hydrogen-bond acceptors (Lipinski definition) is 2. The van der Waals surface area contributed by atoms with Gasteiger partial charge in [0.25, 0.3) is 0 Å². The zero-order valence-electron chi connectivity index (χ0n) is 21.4. The van der Waals surface area contributed by atoms with Crippen LogP contribution >= 0.6 is 0 Å². The van der Waals surface area contributed by atoms with Crippen LogP contribution in [0.2, 0.25) is 0 Å². The van der Waals surface area contributed by atoms with E-state index in [2.05, 4.69) is 10.3 Å². The van der Waals surface area contributed by atoms with Gasteiger partial charge in [0.2, 0.25) is 5.91 Å². The van der Waals surface area contributed by atoms with Crippen molar-refractivity contribution in [2.24, 2.45) is 0 Å². The first-order chi connectivity index (χ1) is 18.5. The van der Waals surface area contributed by atoms with Crippen molar-refractivity contribution in [1.29, 1.82) is 0 Å². The second-order valence-electron chi connectivity index (χ2n) is 9.81. The van der Waals surface area contributed by atoms with Gasteiger partial charge in [-0.1, -0.05) is 91.0 Å². The average Bonchev–Trinajstić information content (AvgIpc) is 3.34. The Hall–Kier alpha value is -4.58. The van der Waals surface area contributed by atoms with Crippen LogP contribution in [0.4, 0.5) is 4.79 Å². The lowest BCUT2D eigenvalue weighted by Crippen LogP contribution is -2.59. The van der Waals surface area contributed by atoms with Crippen molar-refractivity contribution in [2.75, 3.05) is 6.54 Å². The molecular formula is C32H31N3O3. The van der Waals surface area contributed by atoms with E-state index >= 15 is 0 Å². The topological polar surface area (TPSA) is 85.4 Å². The first kappa shape index (κ1) is 25.1. The SMILES string of the molecule is C[C@](Cc1c[nH]c2ccccc12)(C(=O)NCCc1ccccc1)N(Cc1cccc2ccccc12)C(=O)O. The Bertz CT molecular complexity index is 1570. The number of H-pyrrole nitrogens is 1. The predicted octanol–water partition coefficient (Wildman–Crippen LogP) is 6.16. The van der Waals surface area contributed by atoms with Gasteiger partial charge in [0.1, 0.15) is 5.54 Å². The molecule has 5 rings (SSSR count). The zero-order chi connectivity index (χ0) is 26.5. The third kappa shape index (κ3) is 5.11. The molecule has 0 unspecified atom stereocenters. The van der Waals surface area contributed by atoms with Gasteiger partial charge in [-0.05, 0) is 46.9 Å². The van der Waals surface area contributed by atoms with Gasteiger partial charge in [-0.25, -0.2) is 4.79 Å². The third-order valence-electron chi connectivity index (χ3n) is 7.28. The largest absolute Gasteiger partial charge is 0.465 e. The Labute approximate surface area is 221 Å². The molecule has 4 aromatic carbocycles. The number of carbonyl (C=O) groups excluding carboxylic acids is 1. The molecule has 3 N–H and O–H groups in total. The van der Waals surface area contributed by atoms with Gasteiger partial charge in [-0.15, -0.1) is 0 Å². The van der Waals surface area contributed by atoms with Crippen molar-refractivity contribution in [1.82, 2.24) is 15.2 Å². The van der Waals surface area contributed by atoms with Crippen molar-refractivity contribution < 1.29 is 14.7 Å². The van der Waals surface area contributed by atoms with Gasteiger partial charge < -0.3 is 15.4 Å². The number of hydrogen-bond donors (Lipinski definition) is 3.